The number of benzene rings is 1. The summed E-state index contributed by atoms with van der Waals surface area (Å²) >= 11 is 5.65. The van der Waals surface area contributed by atoms with Gasteiger partial charge in [-0.15, -0.1) is 0 Å². The van der Waals surface area contributed by atoms with Crippen LogP contribution in [-0.4, -0.2) is 21.0 Å². The number of hydrogen-bond acceptors (Lipinski definition) is 4. The van der Waals surface area contributed by atoms with Gasteiger partial charge in [0.2, 0.25) is 5.28 Å². The number of anilines is 1. The number of hydrogen-bond donors (Lipinski definition) is 2. The highest BCUT2D eigenvalue weighted by atomic mass is 35.5. The first-order valence-electron chi connectivity index (χ1n) is 5.21. The van der Waals surface area contributed by atoms with E-state index in [1.54, 1.807) is 0 Å². The molecule has 2 N–H and O–H groups in total. The normalized spacial score (nSPS) is 10.1. The highest BCUT2D eigenvalue weighted by Gasteiger charge is 2.08. The van der Waals surface area contributed by atoms with Gasteiger partial charge in [-0.2, -0.15) is 0 Å². The first kappa shape index (κ1) is 12.3. The minimum absolute atomic E-state index is 0.0922. The molecule has 2 aromatic rings. The molecule has 0 aliphatic heterocycles. The lowest BCUT2D eigenvalue weighted by atomic mass is 10.2. The van der Waals surface area contributed by atoms with E-state index in [0.717, 1.165) is 5.56 Å². The van der Waals surface area contributed by atoms with E-state index in [1.807, 2.05) is 30.3 Å². The van der Waals surface area contributed by atoms with Gasteiger partial charge in [0.15, 0.2) is 5.69 Å². The Balaban J connectivity index is 2.12. The van der Waals surface area contributed by atoms with E-state index in [0.29, 0.717) is 12.4 Å². The summed E-state index contributed by atoms with van der Waals surface area (Å²) in [6, 6.07) is 11.0. The summed E-state index contributed by atoms with van der Waals surface area (Å²) in [4.78, 5) is 18.3. The van der Waals surface area contributed by atoms with Crippen molar-refractivity contribution in [2.75, 3.05) is 5.32 Å². The van der Waals surface area contributed by atoms with Crippen LogP contribution < -0.4 is 5.32 Å². The van der Waals surface area contributed by atoms with Crippen LogP contribution in [0.25, 0.3) is 0 Å². The number of nitrogens with zero attached hydrogens (tertiary/aromatic N) is 2. The van der Waals surface area contributed by atoms with Gasteiger partial charge in [-0.1, -0.05) is 30.3 Å². The maximum absolute atomic E-state index is 10.8. The van der Waals surface area contributed by atoms with Crippen LogP contribution in [-0.2, 0) is 6.54 Å². The smallest absolute Gasteiger partial charge is 0.354 e. The number of carbonyl (C=O) groups is 1. The van der Waals surface area contributed by atoms with E-state index < -0.39 is 5.97 Å². The third-order valence-corrected chi connectivity index (χ3v) is 2.40. The van der Waals surface area contributed by atoms with Crippen LogP contribution >= 0.6 is 11.6 Å². The Morgan fingerprint density at radius 2 is 2.00 bits per heavy atom. The monoisotopic (exact) mass is 263 g/mol. The van der Waals surface area contributed by atoms with Gasteiger partial charge < -0.3 is 10.4 Å². The van der Waals surface area contributed by atoms with Gasteiger partial charge in [-0.3, -0.25) is 0 Å². The maximum Gasteiger partial charge on any atom is 0.354 e. The van der Waals surface area contributed by atoms with Gasteiger partial charge in [-0.05, 0) is 17.2 Å². The zero-order chi connectivity index (χ0) is 13.0. The molecule has 0 unspecified atom stereocenters. The molecule has 0 fully saturated rings. The first-order chi connectivity index (χ1) is 8.65. The summed E-state index contributed by atoms with van der Waals surface area (Å²) in [5, 5.41) is 11.7. The van der Waals surface area contributed by atoms with Gasteiger partial charge >= 0.3 is 5.97 Å². The Hall–Kier alpha value is -2.14. The molecule has 0 spiro atoms. The van der Waals surface area contributed by atoms with Crippen LogP contribution in [0.3, 0.4) is 0 Å². The van der Waals surface area contributed by atoms with Crippen molar-refractivity contribution in [2.24, 2.45) is 0 Å². The van der Waals surface area contributed by atoms with Crippen molar-refractivity contribution in [1.29, 1.82) is 0 Å². The molecule has 1 aromatic carbocycles. The second-order valence-electron chi connectivity index (χ2n) is 3.55. The van der Waals surface area contributed by atoms with Gasteiger partial charge in [0.1, 0.15) is 5.82 Å². The van der Waals surface area contributed by atoms with Crippen molar-refractivity contribution in [3.63, 3.8) is 0 Å². The van der Waals surface area contributed by atoms with Crippen molar-refractivity contribution in [3.05, 3.63) is 52.9 Å². The molecule has 5 nitrogen and oxygen atoms in total. The predicted octanol–water partition coefficient (Wildman–Crippen LogP) is 2.44. The lowest BCUT2D eigenvalue weighted by Gasteiger charge is -2.06. The highest BCUT2D eigenvalue weighted by molar-refractivity contribution is 6.28. The fraction of sp³-hybridized carbons (Fsp3) is 0.0833. The molecule has 1 aromatic heterocycles. The molecule has 0 saturated heterocycles. The largest absolute Gasteiger partial charge is 0.477 e. The average molecular weight is 264 g/mol. The van der Waals surface area contributed by atoms with Crippen LogP contribution in [0.15, 0.2) is 36.4 Å². The Morgan fingerprint density at radius 1 is 1.28 bits per heavy atom. The number of aromatic nitrogens is 2. The van der Waals surface area contributed by atoms with E-state index in [1.165, 1.54) is 6.07 Å². The van der Waals surface area contributed by atoms with Crippen LogP contribution in [0.1, 0.15) is 16.1 Å². The average Bonchev–Trinajstić information content (AvgIpc) is 2.37. The Labute approximate surface area is 108 Å². The van der Waals surface area contributed by atoms with Crippen molar-refractivity contribution < 1.29 is 9.90 Å². The summed E-state index contributed by atoms with van der Waals surface area (Å²) in [7, 11) is 0. The SMILES string of the molecule is O=C(O)c1cc(NCc2ccccc2)nc(Cl)n1. The fourth-order valence-corrected chi connectivity index (χ4v) is 1.59. The van der Waals surface area contributed by atoms with E-state index >= 15 is 0 Å². The summed E-state index contributed by atoms with van der Waals surface area (Å²) < 4.78 is 0. The molecule has 0 aliphatic rings. The Morgan fingerprint density at radius 3 is 2.67 bits per heavy atom. The Bertz CT molecular complexity index is 561. The van der Waals surface area contributed by atoms with Crippen LogP contribution in [0.4, 0.5) is 5.82 Å². The molecule has 0 atom stereocenters. The predicted molar refractivity (Wildman–Crippen MR) is 67.8 cm³/mol. The van der Waals surface area contributed by atoms with Gasteiger partial charge in [0, 0.05) is 12.6 Å². The molecule has 0 amide bonds. The molecule has 18 heavy (non-hydrogen) atoms. The second-order valence-corrected chi connectivity index (χ2v) is 3.89. The molecule has 0 radical (unpaired) electrons. The number of halogens is 1. The van der Waals surface area contributed by atoms with Gasteiger partial charge in [-0.25, -0.2) is 14.8 Å². The third-order valence-electron chi connectivity index (χ3n) is 2.23. The maximum atomic E-state index is 10.8. The number of nitrogens with one attached hydrogen (secondary N) is 1. The van der Waals surface area contributed by atoms with Crippen molar-refractivity contribution in [1.82, 2.24) is 9.97 Å². The Kier molecular flexibility index (Phi) is 3.74. The zero-order valence-electron chi connectivity index (χ0n) is 9.30. The molecule has 0 bridgehead atoms. The number of rotatable bonds is 4. The van der Waals surface area contributed by atoms with Gasteiger partial charge in [0.25, 0.3) is 0 Å². The second kappa shape index (κ2) is 5.46. The number of carboxylic acid groups (broad SMARTS) is 1. The lowest BCUT2D eigenvalue weighted by molar-refractivity contribution is 0.0690. The van der Waals surface area contributed by atoms with Gasteiger partial charge in [0.05, 0.1) is 0 Å². The molecule has 0 aliphatic carbocycles. The van der Waals surface area contributed by atoms with Crippen molar-refractivity contribution in [3.8, 4) is 0 Å². The van der Waals surface area contributed by atoms with Crippen molar-refractivity contribution >= 4 is 23.4 Å². The summed E-state index contributed by atoms with van der Waals surface area (Å²) in [5.41, 5.74) is 0.926. The molecule has 1 heterocycles. The minimum atomic E-state index is -1.14. The highest BCUT2D eigenvalue weighted by Crippen LogP contribution is 2.12. The van der Waals surface area contributed by atoms with Crippen LogP contribution in [0, 0.1) is 0 Å². The van der Waals surface area contributed by atoms with E-state index in [9.17, 15) is 4.79 Å². The summed E-state index contributed by atoms with van der Waals surface area (Å²) in [6.07, 6.45) is 0. The van der Waals surface area contributed by atoms with Crippen molar-refractivity contribution in [2.45, 2.75) is 6.54 Å². The molecule has 2 rings (SSSR count). The third kappa shape index (κ3) is 3.18. The fourth-order valence-electron chi connectivity index (χ4n) is 1.41. The zero-order valence-corrected chi connectivity index (χ0v) is 10.1. The van der Waals surface area contributed by atoms with Crippen LogP contribution in [0.5, 0.6) is 0 Å². The first-order valence-corrected chi connectivity index (χ1v) is 5.58. The lowest BCUT2D eigenvalue weighted by Crippen LogP contribution is -2.06. The van der Waals surface area contributed by atoms with E-state index in [4.69, 9.17) is 16.7 Å². The molecule has 0 saturated carbocycles. The minimum Gasteiger partial charge on any atom is -0.477 e. The topological polar surface area (TPSA) is 75.1 Å². The van der Waals surface area contributed by atoms with E-state index in [-0.39, 0.29) is 11.0 Å². The standard InChI is InChI=1S/C12H10ClN3O2/c13-12-15-9(11(17)18)6-10(16-12)14-7-8-4-2-1-3-5-8/h1-6H,7H2,(H,17,18)(H,14,15,16). The molecular weight excluding hydrogens is 254 g/mol. The number of aromatic carboxylic acids is 1. The van der Waals surface area contributed by atoms with Crippen LogP contribution in [0.2, 0.25) is 5.28 Å². The molecule has 6 heteroatoms. The quantitative estimate of drug-likeness (QED) is 0.829. The molecular formula is C12H10ClN3O2. The summed E-state index contributed by atoms with van der Waals surface area (Å²) in [5.74, 6) is -0.752. The number of carboxylic acids is 1. The van der Waals surface area contributed by atoms with E-state index in [2.05, 4.69) is 15.3 Å². The molecule has 92 valence electrons. The summed E-state index contributed by atoms with van der Waals surface area (Å²) in [6.45, 7) is 0.535.